The normalized spacial score (nSPS) is 22.7. The standard InChI is InChI=1S/C20H24N2/c1-21-10-12-22(13-11-21)20-15-17-7-3-2-6-16(17)14-18-8-4-5-9-19(18)20/h2-9,20H,10-15H2,1H3. The Bertz CT molecular complexity index is 656. The van der Waals surface area contributed by atoms with Gasteiger partial charge in [-0.1, -0.05) is 48.5 Å². The molecule has 4 rings (SSSR count). The molecule has 1 heterocycles. The van der Waals surface area contributed by atoms with Crippen LogP contribution < -0.4 is 0 Å². The first kappa shape index (κ1) is 14.0. The first-order valence-corrected chi connectivity index (χ1v) is 8.38. The smallest absolute Gasteiger partial charge is 0.0392 e. The molecule has 0 radical (unpaired) electrons. The molecular formula is C20H24N2. The van der Waals surface area contributed by atoms with Crippen LogP contribution in [0.3, 0.4) is 0 Å². The largest absolute Gasteiger partial charge is 0.304 e. The highest BCUT2D eigenvalue weighted by Gasteiger charge is 2.28. The number of hydrogen-bond acceptors (Lipinski definition) is 2. The van der Waals surface area contributed by atoms with Crippen molar-refractivity contribution >= 4 is 0 Å². The van der Waals surface area contributed by atoms with E-state index in [-0.39, 0.29) is 0 Å². The summed E-state index contributed by atoms with van der Waals surface area (Å²) in [6.45, 7) is 4.72. The molecule has 0 amide bonds. The zero-order chi connectivity index (χ0) is 14.9. The summed E-state index contributed by atoms with van der Waals surface area (Å²) in [5.41, 5.74) is 6.09. The molecule has 1 fully saturated rings. The molecular weight excluding hydrogens is 268 g/mol. The molecule has 0 N–H and O–H groups in total. The third-order valence-electron chi connectivity index (χ3n) is 5.31. The maximum absolute atomic E-state index is 2.70. The van der Waals surface area contributed by atoms with E-state index in [1.165, 1.54) is 42.9 Å². The topological polar surface area (TPSA) is 6.48 Å². The van der Waals surface area contributed by atoms with E-state index in [4.69, 9.17) is 0 Å². The lowest BCUT2D eigenvalue weighted by Gasteiger charge is -2.38. The van der Waals surface area contributed by atoms with E-state index in [0.717, 1.165) is 12.8 Å². The minimum absolute atomic E-state index is 0.536. The molecule has 1 aliphatic carbocycles. The van der Waals surface area contributed by atoms with Gasteiger partial charge in [-0.3, -0.25) is 4.90 Å². The molecule has 2 aromatic rings. The summed E-state index contributed by atoms with van der Waals surface area (Å²) in [4.78, 5) is 5.13. The summed E-state index contributed by atoms with van der Waals surface area (Å²) in [5, 5.41) is 0. The molecule has 1 atom stereocenters. The van der Waals surface area contributed by atoms with Crippen LogP contribution in [0.5, 0.6) is 0 Å². The van der Waals surface area contributed by atoms with Crippen molar-refractivity contribution in [1.29, 1.82) is 0 Å². The molecule has 1 aliphatic heterocycles. The van der Waals surface area contributed by atoms with E-state index in [9.17, 15) is 0 Å². The van der Waals surface area contributed by atoms with Crippen LogP contribution in [0.4, 0.5) is 0 Å². The van der Waals surface area contributed by atoms with Gasteiger partial charge >= 0.3 is 0 Å². The number of nitrogens with zero attached hydrogens (tertiary/aromatic N) is 2. The van der Waals surface area contributed by atoms with Gasteiger partial charge in [0.2, 0.25) is 0 Å². The van der Waals surface area contributed by atoms with Gasteiger partial charge < -0.3 is 4.90 Å². The minimum atomic E-state index is 0.536. The predicted molar refractivity (Wildman–Crippen MR) is 91.2 cm³/mol. The van der Waals surface area contributed by atoms with Gasteiger partial charge in [-0.15, -0.1) is 0 Å². The van der Waals surface area contributed by atoms with Crippen LogP contribution in [-0.2, 0) is 12.8 Å². The van der Waals surface area contributed by atoms with Crippen LogP contribution in [0.25, 0.3) is 0 Å². The van der Waals surface area contributed by atoms with Crippen molar-refractivity contribution in [1.82, 2.24) is 9.80 Å². The Kier molecular flexibility index (Phi) is 3.73. The Hall–Kier alpha value is -1.64. The molecule has 2 heteroatoms. The Balaban J connectivity index is 1.73. The number of fused-ring (bicyclic) bond motifs is 2. The van der Waals surface area contributed by atoms with Crippen LogP contribution in [0.1, 0.15) is 28.3 Å². The summed E-state index contributed by atoms with van der Waals surface area (Å²) in [6, 6.07) is 18.6. The van der Waals surface area contributed by atoms with Crippen molar-refractivity contribution in [2.45, 2.75) is 18.9 Å². The highest BCUT2D eigenvalue weighted by molar-refractivity contribution is 5.42. The van der Waals surface area contributed by atoms with E-state index < -0.39 is 0 Å². The molecule has 0 aromatic heterocycles. The first-order chi connectivity index (χ1) is 10.8. The van der Waals surface area contributed by atoms with E-state index >= 15 is 0 Å². The van der Waals surface area contributed by atoms with Gasteiger partial charge in [0.15, 0.2) is 0 Å². The number of rotatable bonds is 1. The highest BCUT2D eigenvalue weighted by atomic mass is 15.3. The van der Waals surface area contributed by atoms with Crippen molar-refractivity contribution in [3.8, 4) is 0 Å². The van der Waals surface area contributed by atoms with Crippen molar-refractivity contribution in [3.05, 3.63) is 70.8 Å². The second-order valence-corrected chi connectivity index (χ2v) is 6.70. The number of hydrogen-bond donors (Lipinski definition) is 0. The predicted octanol–water partition coefficient (Wildman–Crippen LogP) is 3.12. The van der Waals surface area contributed by atoms with Crippen molar-refractivity contribution in [2.24, 2.45) is 0 Å². The molecule has 114 valence electrons. The zero-order valence-corrected chi connectivity index (χ0v) is 13.3. The number of piperazine rings is 1. The fourth-order valence-corrected chi connectivity index (χ4v) is 3.93. The average Bonchev–Trinajstić information content (AvgIpc) is 2.72. The van der Waals surface area contributed by atoms with E-state index in [2.05, 4.69) is 65.4 Å². The maximum atomic E-state index is 2.70. The second-order valence-electron chi connectivity index (χ2n) is 6.70. The van der Waals surface area contributed by atoms with E-state index in [1.54, 1.807) is 5.56 Å². The van der Waals surface area contributed by atoms with Crippen LogP contribution in [0.2, 0.25) is 0 Å². The molecule has 1 unspecified atom stereocenters. The fraction of sp³-hybridized carbons (Fsp3) is 0.400. The third-order valence-corrected chi connectivity index (χ3v) is 5.31. The van der Waals surface area contributed by atoms with Gasteiger partial charge in [-0.25, -0.2) is 0 Å². The summed E-state index contributed by atoms with van der Waals surface area (Å²) in [5.74, 6) is 0. The molecule has 1 saturated heterocycles. The number of benzene rings is 2. The van der Waals surface area contributed by atoms with Crippen LogP contribution in [-0.4, -0.2) is 43.0 Å². The quantitative estimate of drug-likeness (QED) is 0.797. The Labute approximate surface area is 133 Å². The number of likely N-dealkylation sites (N-methyl/N-ethyl adjacent to an activating group) is 1. The van der Waals surface area contributed by atoms with Crippen LogP contribution in [0, 0.1) is 0 Å². The first-order valence-electron chi connectivity index (χ1n) is 8.38. The van der Waals surface area contributed by atoms with Crippen LogP contribution in [0.15, 0.2) is 48.5 Å². The van der Waals surface area contributed by atoms with Gasteiger partial charge in [0.1, 0.15) is 0 Å². The lowest BCUT2D eigenvalue weighted by molar-refractivity contribution is 0.111. The van der Waals surface area contributed by atoms with Gasteiger partial charge in [0.25, 0.3) is 0 Å². The Morgan fingerprint density at radius 1 is 0.773 bits per heavy atom. The van der Waals surface area contributed by atoms with Gasteiger partial charge in [0, 0.05) is 32.2 Å². The molecule has 0 spiro atoms. The van der Waals surface area contributed by atoms with Gasteiger partial charge in [0.05, 0.1) is 0 Å². The molecule has 0 bridgehead atoms. The minimum Gasteiger partial charge on any atom is -0.304 e. The summed E-state index contributed by atoms with van der Waals surface area (Å²) >= 11 is 0. The molecule has 2 aromatic carbocycles. The highest BCUT2D eigenvalue weighted by Crippen LogP contribution is 2.34. The van der Waals surface area contributed by atoms with Crippen LogP contribution >= 0.6 is 0 Å². The second kappa shape index (κ2) is 5.86. The fourth-order valence-electron chi connectivity index (χ4n) is 3.93. The van der Waals surface area contributed by atoms with Crippen molar-refractivity contribution < 1.29 is 0 Å². The lowest BCUT2D eigenvalue weighted by Crippen LogP contribution is -2.46. The molecule has 22 heavy (non-hydrogen) atoms. The van der Waals surface area contributed by atoms with E-state index in [0.29, 0.717) is 6.04 Å². The Morgan fingerprint density at radius 3 is 2.18 bits per heavy atom. The summed E-state index contributed by atoms with van der Waals surface area (Å²) < 4.78 is 0. The van der Waals surface area contributed by atoms with Gasteiger partial charge in [-0.2, -0.15) is 0 Å². The zero-order valence-electron chi connectivity index (χ0n) is 13.3. The van der Waals surface area contributed by atoms with E-state index in [1.807, 2.05) is 0 Å². The Morgan fingerprint density at radius 2 is 1.41 bits per heavy atom. The third kappa shape index (κ3) is 2.57. The summed E-state index contributed by atoms with van der Waals surface area (Å²) in [7, 11) is 2.23. The molecule has 0 saturated carbocycles. The average molecular weight is 292 g/mol. The maximum Gasteiger partial charge on any atom is 0.0392 e. The van der Waals surface area contributed by atoms with Crippen molar-refractivity contribution in [2.75, 3.05) is 33.2 Å². The van der Waals surface area contributed by atoms with Gasteiger partial charge in [-0.05, 0) is 42.1 Å². The SMILES string of the molecule is CN1CCN(C2Cc3ccccc3Cc3ccccc32)CC1. The molecule has 2 nitrogen and oxygen atoms in total. The lowest BCUT2D eigenvalue weighted by atomic mass is 9.96. The monoisotopic (exact) mass is 292 g/mol. The molecule has 2 aliphatic rings. The summed E-state index contributed by atoms with van der Waals surface area (Å²) in [6.07, 6.45) is 2.23. The van der Waals surface area contributed by atoms with Crippen molar-refractivity contribution in [3.63, 3.8) is 0 Å².